The van der Waals surface area contributed by atoms with Gasteiger partial charge in [0.15, 0.2) is 0 Å². The van der Waals surface area contributed by atoms with Crippen LogP contribution in [0.15, 0.2) is 46.2 Å². The third kappa shape index (κ3) is 19.5. The molecule has 2 aromatic rings. The second kappa shape index (κ2) is 32.6. The number of hydrogen-bond donors (Lipinski definition) is 0. The van der Waals surface area contributed by atoms with E-state index in [0.717, 1.165) is 190 Å². The van der Waals surface area contributed by atoms with E-state index in [1.165, 1.54) is 11.1 Å². The highest BCUT2D eigenvalue weighted by Crippen LogP contribution is 2.42. The molecule has 0 saturated heterocycles. The summed E-state index contributed by atoms with van der Waals surface area (Å²) in [6, 6.07) is 13.1. The fourth-order valence-corrected chi connectivity index (χ4v) is 10.3. The van der Waals surface area contributed by atoms with E-state index in [0.29, 0.717) is 0 Å². The van der Waals surface area contributed by atoms with Gasteiger partial charge in [-0.3, -0.25) is 9.59 Å². The molecule has 0 saturated carbocycles. The van der Waals surface area contributed by atoms with Gasteiger partial charge in [0.2, 0.25) is 0 Å². The highest BCUT2D eigenvalue weighted by atomic mass is 33.1. The number of rotatable bonds is 35. The van der Waals surface area contributed by atoms with E-state index in [1.54, 1.807) is 21.6 Å². The van der Waals surface area contributed by atoms with Crippen molar-refractivity contribution < 1.29 is 9.59 Å². The van der Waals surface area contributed by atoms with Crippen LogP contribution in [-0.4, -0.2) is 146 Å². The predicted molar refractivity (Wildman–Crippen MR) is 263 cm³/mol. The van der Waals surface area contributed by atoms with Gasteiger partial charge in [-0.1, -0.05) is 116 Å². The van der Waals surface area contributed by atoms with Crippen molar-refractivity contribution in [2.45, 2.75) is 143 Å². The molecular formula is C50H88N6O2S2. The van der Waals surface area contributed by atoms with Gasteiger partial charge >= 0.3 is 0 Å². The number of carbonyl (C=O) groups is 2. The zero-order valence-electron chi connectivity index (χ0n) is 40.2. The second-order valence-corrected chi connectivity index (χ2v) is 18.4. The first-order valence-corrected chi connectivity index (χ1v) is 26.4. The fraction of sp³-hybridized carbons (Fsp3) is 0.720. The molecule has 8 nitrogen and oxygen atoms in total. The van der Waals surface area contributed by atoms with E-state index in [1.807, 2.05) is 0 Å². The molecule has 60 heavy (non-hydrogen) atoms. The van der Waals surface area contributed by atoms with E-state index < -0.39 is 0 Å². The molecule has 0 aliphatic rings. The van der Waals surface area contributed by atoms with Crippen molar-refractivity contribution in [3.8, 4) is 0 Å². The lowest BCUT2D eigenvalue weighted by Gasteiger charge is -2.27. The molecular weight excluding hydrogens is 781 g/mol. The largest absolute Gasteiger partial charge is 0.339 e. The molecule has 0 bridgehead atoms. The summed E-state index contributed by atoms with van der Waals surface area (Å²) < 4.78 is 0. The maximum Gasteiger partial charge on any atom is 0.255 e. The Morgan fingerprint density at radius 3 is 0.933 bits per heavy atom. The molecule has 0 N–H and O–H groups in total. The van der Waals surface area contributed by atoms with Crippen molar-refractivity contribution >= 4 is 33.4 Å². The van der Waals surface area contributed by atoms with Crippen molar-refractivity contribution in [2.75, 3.05) is 105 Å². The maximum absolute atomic E-state index is 14.8. The van der Waals surface area contributed by atoms with E-state index >= 15 is 0 Å². The van der Waals surface area contributed by atoms with Gasteiger partial charge in [-0.25, -0.2) is 0 Å². The minimum absolute atomic E-state index is 0.125. The van der Waals surface area contributed by atoms with Gasteiger partial charge in [0.05, 0.1) is 11.1 Å². The number of benzene rings is 2. The highest BCUT2D eigenvalue weighted by molar-refractivity contribution is 8.76. The SMILES string of the molecule is CCCCc1ccc(C(=O)N(CCCN(CC)CC)CCCN(CC)CC)c(SSc2cc(CCCC)ccc2C(=O)N(CCCN(CC)CC)CCCN(CC)CC)c1. The van der Waals surface area contributed by atoms with Crippen LogP contribution in [0.3, 0.4) is 0 Å². The Bertz CT molecular complexity index is 1300. The number of unbranched alkanes of at least 4 members (excludes halogenated alkanes) is 2. The molecule has 2 rings (SSSR count). The van der Waals surface area contributed by atoms with E-state index in [2.05, 4.69) is 135 Å². The predicted octanol–water partition coefficient (Wildman–Crippen LogP) is 11.0. The van der Waals surface area contributed by atoms with Gasteiger partial charge in [-0.05, 0) is 165 Å². The van der Waals surface area contributed by atoms with Crippen LogP contribution in [0, 0.1) is 0 Å². The molecule has 0 unspecified atom stereocenters. The van der Waals surface area contributed by atoms with Gasteiger partial charge in [0.25, 0.3) is 11.8 Å². The summed E-state index contributed by atoms with van der Waals surface area (Å²) in [5, 5.41) is 0. The normalized spacial score (nSPS) is 11.8. The lowest BCUT2D eigenvalue weighted by molar-refractivity contribution is 0.0729. The Balaban J connectivity index is 2.55. The Labute approximate surface area is 377 Å². The van der Waals surface area contributed by atoms with Crippen LogP contribution < -0.4 is 0 Å². The maximum atomic E-state index is 14.8. The van der Waals surface area contributed by atoms with Crippen molar-refractivity contribution in [2.24, 2.45) is 0 Å². The summed E-state index contributed by atoms with van der Waals surface area (Å²) in [7, 11) is 3.33. The van der Waals surface area contributed by atoms with Crippen molar-refractivity contribution in [3.05, 3.63) is 58.7 Å². The Morgan fingerprint density at radius 1 is 0.400 bits per heavy atom. The quantitative estimate of drug-likeness (QED) is 0.0635. The van der Waals surface area contributed by atoms with Gasteiger partial charge in [-0.15, -0.1) is 0 Å². The van der Waals surface area contributed by atoms with Crippen molar-refractivity contribution in [1.82, 2.24) is 29.4 Å². The summed E-state index contributed by atoms with van der Waals surface area (Å²) in [6.07, 6.45) is 10.3. The van der Waals surface area contributed by atoms with E-state index in [9.17, 15) is 9.59 Å². The topological polar surface area (TPSA) is 53.6 Å². The van der Waals surface area contributed by atoms with Gasteiger partial charge in [0.1, 0.15) is 0 Å². The molecule has 2 amide bonds. The number of carbonyl (C=O) groups excluding carboxylic acids is 2. The molecule has 0 atom stereocenters. The fourth-order valence-electron chi connectivity index (χ4n) is 7.86. The average Bonchev–Trinajstić information content (AvgIpc) is 3.28. The molecule has 0 fully saturated rings. The van der Waals surface area contributed by atoms with Crippen LogP contribution in [0.2, 0.25) is 0 Å². The summed E-state index contributed by atoms with van der Waals surface area (Å²) in [6.45, 7) is 37.4. The molecule has 0 heterocycles. The zero-order chi connectivity index (χ0) is 44.1. The van der Waals surface area contributed by atoms with Crippen LogP contribution in [-0.2, 0) is 12.8 Å². The third-order valence-electron chi connectivity index (χ3n) is 12.2. The zero-order valence-corrected chi connectivity index (χ0v) is 41.8. The van der Waals surface area contributed by atoms with Crippen molar-refractivity contribution in [3.63, 3.8) is 0 Å². The summed E-state index contributed by atoms with van der Waals surface area (Å²) in [5.74, 6) is 0.250. The minimum atomic E-state index is 0.125. The third-order valence-corrected chi connectivity index (χ3v) is 14.6. The summed E-state index contributed by atoms with van der Waals surface area (Å²) >= 11 is 0. The van der Waals surface area contributed by atoms with Gasteiger partial charge in [0, 0.05) is 36.0 Å². The summed E-state index contributed by atoms with van der Waals surface area (Å²) in [5.41, 5.74) is 4.10. The molecule has 2 aromatic carbocycles. The number of aryl methyl sites for hydroxylation is 2. The van der Waals surface area contributed by atoms with Crippen LogP contribution in [0.5, 0.6) is 0 Å². The van der Waals surface area contributed by atoms with E-state index in [4.69, 9.17) is 0 Å². The lowest BCUT2D eigenvalue weighted by Crippen LogP contribution is -2.37. The highest BCUT2D eigenvalue weighted by Gasteiger charge is 2.24. The van der Waals surface area contributed by atoms with Crippen LogP contribution in [0.1, 0.15) is 152 Å². The van der Waals surface area contributed by atoms with Crippen LogP contribution >= 0.6 is 21.6 Å². The minimum Gasteiger partial charge on any atom is -0.339 e. The number of nitrogens with zero attached hydrogens (tertiary/aromatic N) is 6. The van der Waals surface area contributed by atoms with Crippen LogP contribution in [0.4, 0.5) is 0 Å². The van der Waals surface area contributed by atoms with E-state index in [-0.39, 0.29) is 11.8 Å². The molecule has 0 aliphatic heterocycles. The smallest absolute Gasteiger partial charge is 0.255 e. The second-order valence-electron chi connectivity index (χ2n) is 16.1. The first-order valence-electron chi connectivity index (χ1n) is 24.2. The summed E-state index contributed by atoms with van der Waals surface area (Å²) in [4.78, 5) is 45.6. The Kier molecular flexibility index (Phi) is 29.3. The van der Waals surface area contributed by atoms with Crippen molar-refractivity contribution in [1.29, 1.82) is 0 Å². The standard InChI is InChI=1S/C50H88N6O2S2/c1-11-21-27-43-29-31-45(49(57)55(37-23-33-51(13-3)14-4)38-24-34-52(15-5)16-6)47(41-43)59-60-48-42-44(28-22-12-2)30-32-46(48)50(58)56(39-25-35-53(17-7)18-8)40-26-36-54(19-9)20-10/h29-32,41-42H,11-28,33-40H2,1-10H3. The first kappa shape index (κ1) is 54.1. The van der Waals surface area contributed by atoms with Gasteiger partial charge in [-0.2, -0.15) is 0 Å². The lowest BCUT2D eigenvalue weighted by atomic mass is 10.1. The van der Waals surface area contributed by atoms with Crippen LogP contribution in [0.25, 0.3) is 0 Å². The molecule has 10 heteroatoms. The Hall–Kier alpha value is -2.08. The monoisotopic (exact) mass is 869 g/mol. The molecule has 0 aliphatic carbocycles. The molecule has 0 aromatic heterocycles. The molecule has 0 radical (unpaired) electrons. The number of amides is 2. The molecule has 342 valence electrons. The first-order chi connectivity index (χ1) is 29.2. The van der Waals surface area contributed by atoms with Gasteiger partial charge < -0.3 is 29.4 Å². The Morgan fingerprint density at radius 2 is 0.683 bits per heavy atom. The number of hydrogen-bond acceptors (Lipinski definition) is 8. The average molecular weight is 869 g/mol. The molecule has 0 spiro atoms.